The van der Waals surface area contributed by atoms with Crippen LogP contribution in [-0.4, -0.2) is 111 Å². The van der Waals surface area contributed by atoms with Gasteiger partial charge in [0.25, 0.3) is 0 Å². The fraction of sp³-hybridized carbons (Fsp3) is 0.652. The van der Waals surface area contributed by atoms with Gasteiger partial charge < -0.3 is 25.0 Å². The molecule has 0 aromatic heterocycles. The van der Waals surface area contributed by atoms with Crippen LogP contribution in [0.2, 0.25) is 0 Å². The van der Waals surface area contributed by atoms with Crippen molar-refractivity contribution < 1.29 is 41.0 Å². The first-order chi connectivity index (χ1) is 17.4. The molecular formula is C23H37F3N4O6S. The molecule has 10 nitrogen and oxygen atoms in total. The highest BCUT2D eigenvalue weighted by molar-refractivity contribution is 7.89. The standard InChI is InChI=1S/C21H36N4O4S.C2HF3O2/c1-4-23(5-2)17-18-25(14-11-21(26)24-15-12-22-13-16-24)30(27,28)20-9-7-19(8-10-20)29-6-3;3-2(4,5)1(6)7/h7-10,22H,4-6,11-18H2,1-3H3;(H,6,7). The molecule has 1 aromatic carbocycles. The van der Waals surface area contributed by atoms with E-state index in [1.807, 2.05) is 11.8 Å². The number of piperazine rings is 1. The van der Waals surface area contributed by atoms with Gasteiger partial charge in [0, 0.05) is 52.2 Å². The summed E-state index contributed by atoms with van der Waals surface area (Å²) in [7, 11) is -3.70. The molecule has 0 aliphatic carbocycles. The van der Waals surface area contributed by atoms with Gasteiger partial charge >= 0.3 is 12.1 Å². The number of carboxylic acid groups (broad SMARTS) is 1. The van der Waals surface area contributed by atoms with Crippen LogP contribution in [0, 0.1) is 0 Å². The number of hydrogen-bond acceptors (Lipinski definition) is 7. The van der Waals surface area contributed by atoms with Crippen molar-refractivity contribution >= 4 is 21.9 Å². The largest absolute Gasteiger partial charge is 0.494 e. The molecule has 1 aliphatic rings. The van der Waals surface area contributed by atoms with Gasteiger partial charge in [-0.2, -0.15) is 17.5 Å². The second-order valence-corrected chi connectivity index (χ2v) is 9.96. The van der Waals surface area contributed by atoms with Gasteiger partial charge in [-0.25, -0.2) is 13.2 Å². The number of nitrogens with zero attached hydrogens (tertiary/aromatic N) is 3. The Balaban J connectivity index is 0.000000856. The van der Waals surface area contributed by atoms with E-state index >= 15 is 0 Å². The number of alkyl halides is 3. The van der Waals surface area contributed by atoms with Crippen LogP contribution in [0.1, 0.15) is 27.2 Å². The Kier molecular flexibility index (Phi) is 13.9. The highest BCUT2D eigenvalue weighted by Crippen LogP contribution is 2.20. The van der Waals surface area contributed by atoms with Crippen LogP contribution in [0.4, 0.5) is 13.2 Å². The third-order valence-corrected chi connectivity index (χ3v) is 7.53. The fourth-order valence-corrected chi connectivity index (χ4v) is 4.89. The number of carboxylic acids is 1. The van der Waals surface area contributed by atoms with Gasteiger partial charge in [0.1, 0.15) is 5.75 Å². The molecule has 14 heteroatoms. The maximum absolute atomic E-state index is 13.3. The van der Waals surface area contributed by atoms with Crippen molar-refractivity contribution in [2.24, 2.45) is 0 Å². The molecule has 0 radical (unpaired) electrons. The molecule has 0 bridgehead atoms. The van der Waals surface area contributed by atoms with Gasteiger partial charge in [0.2, 0.25) is 15.9 Å². The lowest BCUT2D eigenvalue weighted by atomic mass is 10.3. The average molecular weight is 555 g/mol. The second kappa shape index (κ2) is 15.7. The second-order valence-electron chi connectivity index (χ2n) is 8.02. The Labute approximate surface area is 216 Å². The first-order valence-corrected chi connectivity index (χ1v) is 13.5. The minimum atomic E-state index is -5.08. The Bertz CT molecular complexity index is 935. The van der Waals surface area contributed by atoms with E-state index in [9.17, 15) is 26.4 Å². The van der Waals surface area contributed by atoms with Crippen molar-refractivity contribution in [1.82, 2.24) is 19.4 Å². The van der Waals surface area contributed by atoms with Crippen LogP contribution >= 0.6 is 0 Å². The van der Waals surface area contributed by atoms with E-state index in [1.54, 1.807) is 24.3 Å². The van der Waals surface area contributed by atoms with Crippen LogP contribution in [0.25, 0.3) is 0 Å². The lowest BCUT2D eigenvalue weighted by Crippen LogP contribution is -2.47. The van der Waals surface area contributed by atoms with E-state index in [1.165, 1.54) is 4.31 Å². The number of likely N-dealkylation sites (N-methyl/N-ethyl adjacent to an activating group) is 1. The van der Waals surface area contributed by atoms with Crippen LogP contribution in [0.15, 0.2) is 29.2 Å². The zero-order valence-electron chi connectivity index (χ0n) is 21.5. The normalized spacial score (nSPS) is 14.3. The number of nitrogens with one attached hydrogen (secondary N) is 1. The SMILES string of the molecule is CCOc1ccc(S(=O)(=O)N(CCC(=O)N2CCNCC2)CCN(CC)CC)cc1.O=C(O)C(F)(F)F. The molecule has 1 fully saturated rings. The number of rotatable bonds is 12. The quantitative estimate of drug-likeness (QED) is 0.402. The van der Waals surface area contributed by atoms with E-state index in [4.69, 9.17) is 14.6 Å². The predicted molar refractivity (Wildman–Crippen MR) is 132 cm³/mol. The molecule has 1 aliphatic heterocycles. The zero-order valence-corrected chi connectivity index (χ0v) is 22.3. The Morgan fingerprint density at radius 2 is 1.57 bits per heavy atom. The minimum Gasteiger partial charge on any atom is -0.494 e. The van der Waals surface area contributed by atoms with E-state index in [0.717, 1.165) is 26.2 Å². The number of sulfonamides is 1. The third-order valence-electron chi connectivity index (χ3n) is 5.62. The monoisotopic (exact) mass is 554 g/mol. The number of carbonyl (C=O) groups is 2. The summed E-state index contributed by atoms with van der Waals surface area (Å²) in [6.07, 6.45) is -4.89. The topological polar surface area (TPSA) is 119 Å². The number of benzene rings is 1. The lowest BCUT2D eigenvalue weighted by Gasteiger charge is -2.29. The third kappa shape index (κ3) is 11.2. The summed E-state index contributed by atoms with van der Waals surface area (Å²) in [6, 6.07) is 6.49. The van der Waals surface area contributed by atoms with Crippen molar-refractivity contribution in [3.63, 3.8) is 0 Å². The van der Waals surface area contributed by atoms with Crippen LogP contribution in [0.5, 0.6) is 5.75 Å². The summed E-state index contributed by atoms with van der Waals surface area (Å²) in [4.78, 5) is 25.7. The maximum Gasteiger partial charge on any atom is 0.490 e. The van der Waals surface area contributed by atoms with Gasteiger partial charge in [0.05, 0.1) is 11.5 Å². The average Bonchev–Trinajstić information content (AvgIpc) is 2.87. The summed E-state index contributed by atoms with van der Waals surface area (Å²) in [6.45, 7) is 12.3. The van der Waals surface area contributed by atoms with Crippen LogP contribution < -0.4 is 10.1 Å². The Morgan fingerprint density at radius 3 is 2.03 bits per heavy atom. The molecule has 1 aromatic rings. The number of aliphatic carboxylic acids is 1. The number of carbonyl (C=O) groups excluding carboxylic acids is 1. The first-order valence-electron chi connectivity index (χ1n) is 12.1. The molecule has 0 saturated carbocycles. The van der Waals surface area contributed by atoms with Crippen LogP contribution in [0.3, 0.4) is 0 Å². The first kappa shape index (κ1) is 32.6. The van der Waals surface area contributed by atoms with E-state index in [0.29, 0.717) is 38.5 Å². The number of amides is 1. The molecule has 37 heavy (non-hydrogen) atoms. The van der Waals surface area contributed by atoms with Gasteiger partial charge in [-0.05, 0) is 44.3 Å². The minimum absolute atomic E-state index is 0.00577. The van der Waals surface area contributed by atoms with Crippen molar-refractivity contribution in [3.8, 4) is 5.75 Å². The van der Waals surface area contributed by atoms with Gasteiger partial charge in [-0.15, -0.1) is 0 Å². The summed E-state index contributed by atoms with van der Waals surface area (Å²) < 4.78 is 65.2. The molecule has 2 rings (SSSR count). The molecule has 2 N–H and O–H groups in total. The molecule has 0 unspecified atom stereocenters. The number of ether oxygens (including phenoxy) is 1. The fourth-order valence-electron chi connectivity index (χ4n) is 3.46. The van der Waals surface area contributed by atoms with Crippen molar-refractivity contribution in [1.29, 1.82) is 0 Å². The summed E-state index contributed by atoms with van der Waals surface area (Å²) >= 11 is 0. The highest BCUT2D eigenvalue weighted by Gasteiger charge is 2.38. The smallest absolute Gasteiger partial charge is 0.490 e. The van der Waals surface area contributed by atoms with Gasteiger partial charge in [-0.3, -0.25) is 4.79 Å². The zero-order chi connectivity index (χ0) is 28.1. The molecule has 1 saturated heterocycles. The number of halogens is 3. The van der Waals surface area contributed by atoms with E-state index < -0.39 is 22.2 Å². The molecule has 0 atom stereocenters. The molecular weight excluding hydrogens is 517 g/mol. The summed E-state index contributed by atoms with van der Waals surface area (Å²) in [5.74, 6) is -2.11. The lowest BCUT2D eigenvalue weighted by molar-refractivity contribution is -0.192. The predicted octanol–water partition coefficient (Wildman–Crippen LogP) is 1.87. The van der Waals surface area contributed by atoms with E-state index in [-0.39, 0.29) is 23.8 Å². The molecule has 0 spiro atoms. The van der Waals surface area contributed by atoms with Gasteiger partial charge in [0.15, 0.2) is 0 Å². The maximum atomic E-state index is 13.3. The molecule has 1 heterocycles. The molecule has 212 valence electrons. The van der Waals surface area contributed by atoms with Gasteiger partial charge in [-0.1, -0.05) is 13.8 Å². The van der Waals surface area contributed by atoms with Crippen LogP contribution in [-0.2, 0) is 19.6 Å². The van der Waals surface area contributed by atoms with Crippen molar-refractivity contribution in [2.45, 2.75) is 38.3 Å². The molecule has 1 amide bonds. The van der Waals surface area contributed by atoms with Crippen molar-refractivity contribution in [2.75, 3.05) is 65.5 Å². The Hall–Kier alpha value is -2.42. The highest BCUT2D eigenvalue weighted by atomic mass is 32.2. The van der Waals surface area contributed by atoms with Crippen molar-refractivity contribution in [3.05, 3.63) is 24.3 Å². The summed E-state index contributed by atoms with van der Waals surface area (Å²) in [5, 5.41) is 10.3. The summed E-state index contributed by atoms with van der Waals surface area (Å²) in [5.41, 5.74) is 0. The van der Waals surface area contributed by atoms with E-state index in [2.05, 4.69) is 24.1 Å². The Morgan fingerprint density at radius 1 is 1.03 bits per heavy atom. The number of hydrogen-bond donors (Lipinski definition) is 2.